The van der Waals surface area contributed by atoms with Crippen LogP contribution in [0, 0.1) is 0 Å². The van der Waals surface area contributed by atoms with Crippen molar-refractivity contribution in [2.45, 2.75) is 0 Å². The Balaban J connectivity index is 0.00000280. The lowest BCUT2D eigenvalue weighted by Crippen LogP contribution is -2.36. The van der Waals surface area contributed by atoms with Crippen LogP contribution in [-0.2, 0) is 0 Å². The average molecular weight is 505 g/mol. The molecule has 0 aliphatic heterocycles. The number of likely N-dealkylation sites (N-methyl/N-ethyl adjacent to an activating group) is 1. The highest BCUT2D eigenvalue weighted by Crippen LogP contribution is 2.39. The molecule has 0 fully saturated rings. The van der Waals surface area contributed by atoms with Crippen LogP contribution in [0.1, 0.15) is 10.4 Å². The second kappa shape index (κ2) is 9.89. The molecule has 0 bridgehead atoms. The minimum atomic E-state index is -0.113. The lowest BCUT2D eigenvalue weighted by atomic mass is 10.2. The summed E-state index contributed by atoms with van der Waals surface area (Å²) in [5.74, 6) is 0.524. The molecule has 0 radical (unpaired) electrons. The van der Waals surface area contributed by atoms with Gasteiger partial charge in [0, 0.05) is 17.6 Å². The maximum Gasteiger partial charge on any atom is 0.261 e. The van der Waals surface area contributed by atoms with Crippen molar-refractivity contribution in [2.24, 2.45) is 0 Å². The number of hydrogen-bond donors (Lipinski definition) is 0. The van der Waals surface area contributed by atoms with Crippen LogP contribution in [0.15, 0.2) is 40.9 Å². The Morgan fingerprint density at radius 2 is 1.93 bits per heavy atom. The third kappa shape index (κ3) is 4.78. The Morgan fingerprint density at radius 1 is 1.21 bits per heavy atom. The van der Waals surface area contributed by atoms with Crippen LogP contribution in [0.5, 0.6) is 5.75 Å². The van der Waals surface area contributed by atoms with Gasteiger partial charge < -0.3 is 9.64 Å². The van der Waals surface area contributed by atoms with Crippen molar-refractivity contribution in [3.63, 3.8) is 0 Å². The van der Waals surface area contributed by atoms with Crippen molar-refractivity contribution in [3.8, 4) is 5.75 Å². The number of carbonyl (C=O) groups excluding carboxylic acids is 1. The van der Waals surface area contributed by atoms with Gasteiger partial charge >= 0.3 is 0 Å². The summed E-state index contributed by atoms with van der Waals surface area (Å²) in [6.07, 6.45) is 0. The molecule has 3 aromatic rings. The molecule has 0 aliphatic carbocycles. The number of nitrogens with zero attached hydrogens (tertiary/aromatic N) is 3. The summed E-state index contributed by atoms with van der Waals surface area (Å²) >= 11 is 11.2. The summed E-state index contributed by atoms with van der Waals surface area (Å²) in [4.78, 5) is 21.7. The van der Waals surface area contributed by atoms with Crippen molar-refractivity contribution < 1.29 is 9.53 Å². The van der Waals surface area contributed by atoms with E-state index >= 15 is 0 Å². The lowest BCUT2D eigenvalue weighted by Gasteiger charge is -2.22. The molecular formula is C19H20BrCl2N3O2S. The number of benzene rings is 2. The Bertz CT molecular complexity index is 981. The van der Waals surface area contributed by atoms with Crippen LogP contribution in [-0.4, -0.2) is 50.1 Å². The number of fused-ring (bicyclic) bond motifs is 1. The molecule has 0 N–H and O–H groups in total. The molecule has 3 rings (SSSR count). The molecule has 0 saturated carbocycles. The molecule has 0 atom stereocenters. The monoisotopic (exact) mass is 503 g/mol. The molecule has 0 saturated heterocycles. The van der Waals surface area contributed by atoms with Crippen molar-refractivity contribution >= 4 is 72.5 Å². The van der Waals surface area contributed by atoms with E-state index in [-0.39, 0.29) is 18.3 Å². The first-order valence-electron chi connectivity index (χ1n) is 8.26. The van der Waals surface area contributed by atoms with Crippen LogP contribution in [0.2, 0.25) is 5.02 Å². The van der Waals surface area contributed by atoms with Crippen LogP contribution in [0.4, 0.5) is 5.13 Å². The Morgan fingerprint density at radius 3 is 2.57 bits per heavy atom. The summed E-state index contributed by atoms with van der Waals surface area (Å²) in [6.45, 7) is 1.21. The predicted molar refractivity (Wildman–Crippen MR) is 123 cm³/mol. The van der Waals surface area contributed by atoms with E-state index in [1.54, 1.807) is 30.2 Å². The van der Waals surface area contributed by atoms with Gasteiger partial charge in [-0.25, -0.2) is 4.98 Å². The fourth-order valence-electron chi connectivity index (χ4n) is 2.59. The largest absolute Gasteiger partial charge is 0.494 e. The number of carbonyl (C=O) groups is 1. The molecule has 1 heterocycles. The normalized spacial score (nSPS) is 10.8. The third-order valence-corrected chi connectivity index (χ3v) is 6.25. The standard InChI is InChI=1S/C19H19BrClN3O2S.ClH/c1-23(2)10-11-24(18(25)12-6-4-5-7-13(12)20)19-22-16-15(26-3)9-8-14(21)17(16)27-19;/h4-9H,10-11H2,1-3H3;1H. The van der Waals surface area contributed by atoms with Gasteiger partial charge in [-0.05, 0) is 54.3 Å². The molecule has 5 nitrogen and oxygen atoms in total. The number of aromatic nitrogens is 1. The maximum absolute atomic E-state index is 13.3. The smallest absolute Gasteiger partial charge is 0.261 e. The molecule has 28 heavy (non-hydrogen) atoms. The van der Waals surface area contributed by atoms with Crippen molar-refractivity contribution in [3.05, 3.63) is 51.5 Å². The summed E-state index contributed by atoms with van der Waals surface area (Å²) in [6, 6.07) is 11.0. The SMILES string of the molecule is COc1ccc(Cl)c2sc(N(CCN(C)C)C(=O)c3ccccc3Br)nc12.Cl. The highest BCUT2D eigenvalue weighted by molar-refractivity contribution is 9.10. The zero-order valence-corrected chi connectivity index (χ0v) is 19.6. The lowest BCUT2D eigenvalue weighted by molar-refractivity contribution is 0.0984. The van der Waals surface area contributed by atoms with Crippen molar-refractivity contribution in [1.82, 2.24) is 9.88 Å². The summed E-state index contributed by atoms with van der Waals surface area (Å²) in [5, 5.41) is 1.19. The number of ether oxygens (including phenoxy) is 1. The van der Waals surface area contributed by atoms with Gasteiger partial charge in [-0.1, -0.05) is 35.1 Å². The molecule has 9 heteroatoms. The summed E-state index contributed by atoms with van der Waals surface area (Å²) in [5.41, 5.74) is 1.26. The molecule has 0 aliphatic rings. The highest BCUT2D eigenvalue weighted by atomic mass is 79.9. The van der Waals surface area contributed by atoms with E-state index in [0.717, 1.165) is 9.17 Å². The van der Waals surface area contributed by atoms with Crippen LogP contribution < -0.4 is 9.64 Å². The van der Waals surface area contributed by atoms with E-state index in [1.807, 2.05) is 37.2 Å². The Hall–Kier alpha value is -1.38. The minimum absolute atomic E-state index is 0. The minimum Gasteiger partial charge on any atom is -0.494 e. The molecule has 2 aromatic carbocycles. The quantitative estimate of drug-likeness (QED) is 0.453. The van der Waals surface area contributed by atoms with Gasteiger partial charge in [0.2, 0.25) is 0 Å². The number of amides is 1. The zero-order valence-electron chi connectivity index (χ0n) is 15.6. The van der Waals surface area contributed by atoms with Gasteiger partial charge in [-0.2, -0.15) is 0 Å². The highest BCUT2D eigenvalue weighted by Gasteiger charge is 2.24. The second-order valence-electron chi connectivity index (χ2n) is 6.16. The number of thiazole rings is 1. The van der Waals surface area contributed by atoms with Crippen molar-refractivity contribution in [1.29, 1.82) is 0 Å². The summed E-state index contributed by atoms with van der Waals surface area (Å²) < 4.78 is 6.96. The van der Waals surface area contributed by atoms with E-state index < -0.39 is 0 Å². The first kappa shape index (κ1) is 22.9. The molecule has 1 amide bonds. The fraction of sp³-hybridized carbons (Fsp3) is 0.263. The number of rotatable bonds is 6. The molecule has 150 valence electrons. The van der Waals surface area contributed by atoms with Crippen LogP contribution >= 0.6 is 51.3 Å². The Labute approximate surface area is 187 Å². The molecule has 0 spiro atoms. The van der Waals surface area contributed by atoms with Gasteiger partial charge in [-0.3, -0.25) is 9.69 Å². The van der Waals surface area contributed by atoms with Crippen molar-refractivity contribution in [2.75, 3.05) is 39.2 Å². The fourth-order valence-corrected chi connectivity index (χ4v) is 4.32. The predicted octanol–water partition coefficient (Wildman–Crippen LogP) is 5.35. The molecule has 1 aromatic heterocycles. The van der Waals surface area contributed by atoms with Gasteiger partial charge in [0.25, 0.3) is 5.91 Å². The summed E-state index contributed by atoms with van der Waals surface area (Å²) in [7, 11) is 5.54. The molecule has 0 unspecified atom stereocenters. The second-order valence-corrected chi connectivity index (χ2v) is 8.40. The maximum atomic E-state index is 13.3. The number of halogens is 3. The first-order valence-corrected chi connectivity index (χ1v) is 10.2. The van der Waals surface area contributed by atoms with Crippen LogP contribution in [0.3, 0.4) is 0 Å². The van der Waals surface area contributed by atoms with Gasteiger partial charge in [0.15, 0.2) is 5.13 Å². The average Bonchev–Trinajstić information content (AvgIpc) is 3.08. The van der Waals surface area contributed by atoms with Gasteiger partial charge in [0.1, 0.15) is 11.3 Å². The first-order chi connectivity index (χ1) is 12.9. The molecular weight excluding hydrogens is 485 g/mol. The number of hydrogen-bond acceptors (Lipinski definition) is 5. The van der Waals surface area contributed by atoms with Gasteiger partial charge in [-0.15, -0.1) is 12.4 Å². The van der Waals surface area contributed by atoms with E-state index in [1.165, 1.54) is 11.3 Å². The van der Waals surface area contributed by atoms with E-state index in [0.29, 0.717) is 40.1 Å². The number of anilines is 1. The van der Waals surface area contributed by atoms with Gasteiger partial charge in [0.05, 0.1) is 22.4 Å². The van der Waals surface area contributed by atoms with E-state index in [4.69, 9.17) is 16.3 Å². The van der Waals surface area contributed by atoms with E-state index in [2.05, 4.69) is 20.9 Å². The number of methoxy groups -OCH3 is 1. The third-order valence-electron chi connectivity index (χ3n) is 4.02. The zero-order chi connectivity index (χ0) is 19.6. The van der Waals surface area contributed by atoms with Crippen LogP contribution in [0.25, 0.3) is 10.2 Å². The van der Waals surface area contributed by atoms with E-state index in [9.17, 15) is 4.79 Å². The topological polar surface area (TPSA) is 45.7 Å². The Kier molecular flexibility index (Phi) is 8.09.